The number of rotatable bonds is 4. The summed E-state index contributed by atoms with van der Waals surface area (Å²) in [4.78, 5) is 22.1. The van der Waals surface area contributed by atoms with Crippen LogP contribution >= 0.6 is 11.8 Å². The predicted molar refractivity (Wildman–Crippen MR) is 77.7 cm³/mol. The van der Waals surface area contributed by atoms with Gasteiger partial charge in [0.15, 0.2) is 0 Å². The molecule has 2 N–H and O–H groups in total. The van der Waals surface area contributed by atoms with Gasteiger partial charge in [-0.1, -0.05) is 48.2 Å². The maximum absolute atomic E-state index is 11.7. The minimum atomic E-state index is -0.898. The number of hydrogen-bond donors (Lipinski definition) is 2. The Bertz CT molecular complexity index is 607. The smallest absolute Gasteiger partial charge is 0.304 e. The molecule has 0 aliphatic carbocycles. The molecule has 19 heavy (non-hydrogen) atoms. The van der Waals surface area contributed by atoms with E-state index in [-0.39, 0.29) is 17.4 Å². The quantitative estimate of drug-likeness (QED) is 0.895. The van der Waals surface area contributed by atoms with Crippen LogP contribution in [0.5, 0.6) is 0 Å². The van der Waals surface area contributed by atoms with E-state index in [1.54, 1.807) is 0 Å². The molecule has 0 saturated carbocycles. The van der Waals surface area contributed by atoms with Crippen LogP contribution in [0.4, 0.5) is 10.5 Å². The summed E-state index contributed by atoms with van der Waals surface area (Å²) in [6.45, 7) is 0. The van der Waals surface area contributed by atoms with Gasteiger partial charge in [0.1, 0.15) is 0 Å². The Morgan fingerprint density at radius 2 is 1.84 bits per heavy atom. The Morgan fingerprint density at radius 1 is 1.11 bits per heavy atom. The molecule has 0 fully saturated rings. The molecular formula is C14H13NO3S. The van der Waals surface area contributed by atoms with Crippen molar-refractivity contribution in [2.45, 2.75) is 6.42 Å². The number of amides is 1. The monoisotopic (exact) mass is 275 g/mol. The van der Waals surface area contributed by atoms with Gasteiger partial charge in [0.2, 0.25) is 0 Å². The maximum atomic E-state index is 11.7. The number of carboxylic acid groups (broad SMARTS) is 1. The number of nitrogens with one attached hydrogen (secondary N) is 1. The van der Waals surface area contributed by atoms with E-state index in [2.05, 4.69) is 5.32 Å². The molecule has 1 amide bonds. The molecule has 0 unspecified atom stereocenters. The van der Waals surface area contributed by atoms with Crippen LogP contribution in [-0.2, 0) is 4.79 Å². The van der Waals surface area contributed by atoms with E-state index in [0.717, 1.165) is 28.2 Å². The zero-order valence-electron chi connectivity index (χ0n) is 10.1. The molecule has 0 spiro atoms. The number of hydrogen-bond acceptors (Lipinski definition) is 3. The van der Waals surface area contributed by atoms with E-state index in [0.29, 0.717) is 0 Å². The van der Waals surface area contributed by atoms with E-state index >= 15 is 0 Å². The molecule has 2 aromatic rings. The van der Waals surface area contributed by atoms with Crippen LogP contribution in [-0.4, -0.2) is 22.1 Å². The zero-order chi connectivity index (χ0) is 13.7. The molecule has 0 aliphatic heterocycles. The average molecular weight is 275 g/mol. The fraction of sp³-hybridized carbons (Fsp3) is 0.143. The molecule has 0 heterocycles. The number of fused-ring (bicyclic) bond motifs is 1. The number of aliphatic carboxylic acids is 1. The van der Waals surface area contributed by atoms with Crippen LogP contribution < -0.4 is 5.32 Å². The number of benzene rings is 2. The van der Waals surface area contributed by atoms with E-state index < -0.39 is 5.97 Å². The summed E-state index contributed by atoms with van der Waals surface area (Å²) < 4.78 is 0. The summed E-state index contributed by atoms with van der Waals surface area (Å²) in [6.07, 6.45) is -0.0202. The second-order valence-corrected chi connectivity index (χ2v) is 5.00. The summed E-state index contributed by atoms with van der Waals surface area (Å²) >= 11 is 0.977. The molecule has 98 valence electrons. The number of anilines is 1. The van der Waals surface area contributed by atoms with E-state index in [1.165, 1.54) is 0 Å². The number of thioether (sulfide) groups is 1. The van der Waals surface area contributed by atoms with Crippen molar-refractivity contribution in [3.63, 3.8) is 0 Å². The Hall–Kier alpha value is -2.01. The maximum Gasteiger partial charge on any atom is 0.304 e. The fourth-order valence-corrected chi connectivity index (χ4v) is 2.36. The Labute approximate surface area is 114 Å². The van der Waals surface area contributed by atoms with Gasteiger partial charge in [-0.15, -0.1) is 0 Å². The second-order valence-electron chi connectivity index (χ2n) is 3.93. The number of carboxylic acids is 1. The third kappa shape index (κ3) is 3.72. The standard InChI is InChI=1S/C14H13NO3S/c16-13(17)8-9-19-14(18)15-12-7-3-5-10-4-1-2-6-11(10)12/h1-7H,8-9H2,(H,15,18)(H,16,17). The molecule has 5 heteroatoms. The summed E-state index contributed by atoms with van der Waals surface area (Å²) in [5, 5.41) is 13.1. The third-order valence-corrected chi connectivity index (χ3v) is 3.35. The van der Waals surface area contributed by atoms with Crippen molar-refractivity contribution < 1.29 is 14.7 Å². The normalized spacial score (nSPS) is 10.3. The van der Waals surface area contributed by atoms with Gasteiger partial charge in [0, 0.05) is 16.8 Å². The molecule has 2 aromatic carbocycles. The zero-order valence-corrected chi connectivity index (χ0v) is 10.9. The average Bonchev–Trinajstić information content (AvgIpc) is 2.39. The molecule has 0 radical (unpaired) electrons. The lowest BCUT2D eigenvalue weighted by atomic mass is 10.1. The lowest BCUT2D eigenvalue weighted by molar-refractivity contribution is -0.136. The highest BCUT2D eigenvalue weighted by Gasteiger charge is 2.07. The number of carbonyl (C=O) groups excluding carboxylic acids is 1. The molecule has 4 nitrogen and oxygen atoms in total. The third-order valence-electron chi connectivity index (χ3n) is 2.58. The van der Waals surface area contributed by atoms with Gasteiger partial charge in [-0.3, -0.25) is 9.59 Å². The summed E-state index contributed by atoms with van der Waals surface area (Å²) in [7, 11) is 0. The fourth-order valence-electron chi connectivity index (χ4n) is 1.71. The lowest BCUT2D eigenvalue weighted by Gasteiger charge is -2.07. The molecular weight excluding hydrogens is 262 g/mol. The van der Waals surface area contributed by atoms with Crippen molar-refractivity contribution in [1.29, 1.82) is 0 Å². The highest BCUT2D eigenvalue weighted by molar-refractivity contribution is 8.13. The molecule has 0 aliphatic rings. The Balaban J connectivity index is 2.05. The van der Waals surface area contributed by atoms with Crippen molar-refractivity contribution in [2.24, 2.45) is 0 Å². The van der Waals surface area contributed by atoms with Gasteiger partial charge in [0.05, 0.1) is 6.42 Å². The lowest BCUT2D eigenvalue weighted by Crippen LogP contribution is -2.07. The van der Waals surface area contributed by atoms with Crippen molar-refractivity contribution in [3.8, 4) is 0 Å². The van der Waals surface area contributed by atoms with Crippen LogP contribution in [0.2, 0.25) is 0 Å². The van der Waals surface area contributed by atoms with Gasteiger partial charge in [-0.05, 0) is 11.5 Å². The van der Waals surface area contributed by atoms with Gasteiger partial charge in [0.25, 0.3) is 5.24 Å². The van der Waals surface area contributed by atoms with Crippen LogP contribution in [0.3, 0.4) is 0 Å². The Kier molecular flexibility index (Phi) is 4.41. The van der Waals surface area contributed by atoms with Crippen molar-refractivity contribution >= 4 is 39.4 Å². The summed E-state index contributed by atoms with van der Waals surface area (Å²) in [6, 6.07) is 13.4. The highest BCUT2D eigenvalue weighted by Crippen LogP contribution is 2.24. The molecule has 0 atom stereocenters. The van der Waals surface area contributed by atoms with Gasteiger partial charge >= 0.3 is 5.97 Å². The van der Waals surface area contributed by atoms with E-state index in [4.69, 9.17) is 5.11 Å². The first kappa shape index (κ1) is 13.4. The second kappa shape index (κ2) is 6.24. The summed E-state index contributed by atoms with van der Waals surface area (Å²) in [5.41, 5.74) is 0.742. The van der Waals surface area contributed by atoms with Crippen molar-refractivity contribution in [2.75, 3.05) is 11.1 Å². The number of carbonyl (C=O) groups is 2. The Morgan fingerprint density at radius 3 is 2.63 bits per heavy atom. The van der Waals surface area contributed by atoms with Crippen molar-refractivity contribution in [1.82, 2.24) is 0 Å². The largest absolute Gasteiger partial charge is 0.481 e. The van der Waals surface area contributed by atoms with Gasteiger partial charge in [-0.2, -0.15) is 0 Å². The molecule has 0 saturated heterocycles. The SMILES string of the molecule is O=C(O)CCSC(=O)Nc1cccc2ccccc12. The van der Waals surface area contributed by atoms with E-state index in [9.17, 15) is 9.59 Å². The minimum absolute atomic E-state index is 0.0202. The van der Waals surface area contributed by atoms with Crippen LogP contribution in [0.15, 0.2) is 42.5 Å². The topological polar surface area (TPSA) is 66.4 Å². The van der Waals surface area contributed by atoms with Gasteiger partial charge < -0.3 is 10.4 Å². The van der Waals surface area contributed by atoms with Crippen LogP contribution in [0, 0.1) is 0 Å². The van der Waals surface area contributed by atoms with E-state index in [1.807, 2.05) is 42.5 Å². The first-order valence-electron chi connectivity index (χ1n) is 5.80. The van der Waals surface area contributed by atoms with Crippen molar-refractivity contribution in [3.05, 3.63) is 42.5 Å². The van der Waals surface area contributed by atoms with Crippen LogP contribution in [0.1, 0.15) is 6.42 Å². The van der Waals surface area contributed by atoms with Gasteiger partial charge in [-0.25, -0.2) is 0 Å². The highest BCUT2D eigenvalue weighted by atomic mass is 32.2. The first-order chi connectivity index (χ1) is 9.16. The summed E-state index contributed by atoms with van der Waals surface area (Å²) in [5.74, 6) is -0.628. The minimum Gasteiger partial charge on any atom is -0.481 e. The first-order valence-corrected chi connectivity index (χ1v) is 6.79. The molecule has 2 rings (SSSR count). The predicted octanol–water partition coefficient (Wildman–Crippen LogP) is 3.58. The molecule has 0 bridgehead atoms. The van der Waals surface area contributed by atoms with Crippen LogP contribution in [0.25, 0.3) is 10.8 Å². The molecule has 0 aromatic heterocycles.